The number of nitrogens with one attached hydrogen (secondary N) is 1. The number of rotatable bonds is 3. The van der Waals surface area contributed by atoms with Gasteiger partial charge in [-0.05, 0) is 6.07 Å². The van der Waals surface area contributed by atoms with E-state index >= 15 is 0 Å². The fraction of sp³-hybridized carbons (Fsp3) is 0.429. The fourth-order valence-corrected chi connectivity index (χ4v) is 0.917. The van der Waals surface area contributed by atoms with E-state index in [0.29, 0.717) is 18.1 Å². The first-order chi connectivity index (χ1) is 5.75. The zero-order valence-electron chi connectivity index (χ0n) is 6.75. The van der Waals surface area contributed by atoms with E-state index < -0.39 is 0 Å². The molecule has 4 nitrogen and oxygen atoms in total. The highest BCUT2D eigenvalue weighted by Crippen LogP contribution is 1.94. The molecule has 0 amide bonds. The standard InChI is InChI=1S/C7H10ClN3O/c1-11-7(12)6(2-4-10-11)9-5-3-8/h2,4,9H,3,5H2,1H3. The summed E-state index contributed by atoms with van der Waals surface area (Å²) in [5.41, 5.74) is 0.399. The van der Waals surface area contributed by atoms with Crippen molar-refractivity contribution in [1.29, 1.82) is 0 Å². The van der Waals surface area contributed by atoms with E-state index in [0.717, 1.165) is 0 Å². The normalized spacial score (nSPS) is 9.83. The second-order valence-electron chi connectivity index (χ2n) is 2.29. The lowest BCUT2D eigenvalue weighted by Gasteiger charge is -2.03. The van der Waals surface area contributed by atoms with Crippen LogP contribution in [0.1, 0.15) is 0 Å². The quantitative estimate of drug-likeness (QED) is 0.699. The van der Waals surface area contributed by atoms with Gasteiger partial charge in [-0.1, -0.05) is 0 Å². The molecule has 0 aliphatic rings. The topological polar surface area (TPSA) is 46.9 Å². The van der Waals surface area contributed by atoms with Crippen LogP contribution in [-0.4, -0.2) is 22.2 Å². The SMILES string of the molecule is Cn1nccc(NCCCl)c1=O. The van der Waals surface area contributed by atoms with Crippen LogP contribution in [0.15, 0.2) is 17.1 Å². The van der Waals surface area contributed by atoms with Crippen LogP contribution < -0.4 is 10.9 Å². The molecule has 0 atom stereocenters. The minimum atomic E-state index is -0.136. The van der Waals surface area contributed by atoms with Crippen LogP contribution in [0.4, 0.5) is 5.69 Å². The fourth-order valence-electron chi connectivity index (χ4n) is 0.822. The van der Waals surface area contributed by atoms with Gasteiger partial charge in [0.1, 0.15) is 5.69 Å². The van der Waals surface area contributed by atoms with Crippen molar-refractivity contribution in [2.45, 2.75) is 0 Å². The molecule has 1 aromatic rings. The van der Waals surface area contributed by atoms with Crippen molar-refractivity contribution in [3.8, 4) is 0 Å². The van der Waals surface area contributed by atoms with Gasteiger partial charge in [0.15, 0.2) is 0 Å². The molecule has 0 bridgehead atoms. The molecule has 0 spiro atoms. The Bertz CT molecular complexity index is 310. The molecule has 5 heteroatoms. The van der Waals surface area contributed by atoms with Crippen molar-refractivity contribution in [1.82, 2.24) is 9.78 Å². The summed E-state index contributed by atoms with van der Waals surface area (Å²) in [6.07, 6.45) is 1.57. The predicted molar refractivity (Wildman–Crippen MR) is 48.7 cm³/mol. The third kappa shape index (κ3) is 1.98. The minimum Gasteiger partial charge on any atom is -0.379 e. The Hall–Kier alpha value is -1.03. The number of hydrogen-bond donors (Lipinski definition) is 1. The van der Waals surface area contributed by atoms with Gasteiger partial charge in [-0.15, -0.1) is 11.6 Å². The van der Waals surface area contributed by atoms with Gasteiger partial charge in [-0.25, -0.2) is 4.68 Å². The largest absolute Gasteiger partial charge is 0.379 e. The van der Waals surface area contributed by atoms with Gasteiger partial charge >= 0.3 is 0 Å². The molecule has 0 aromatic carbocycles. The average molecular weight is 188 g/mol. The monoisotopic (exact) mass is 187 g/mol. The third-order valence-electron chi connectivity index (χ3n) is 1.42. The number of aromatic nitrogens is 2. The van der Waals surface area contributed by atoms with Gasteiger partial charge in [0, 0.05) is 25.7 Å². The van der Waals surface area contributed by atoms with Gasteiger partial charge in [0.2, 0.25) is 0 Å². The van der Waals surface area contributed by atoms with Gasteiger partial charge in [-0.2, -0.15) is 5.10 Å². The summed E-state index contributed by atoms with van der Waals surface area (Å²) in [6.45, 7) is 0.584. The van der Waals surface area contributed by atoms with Crippen molar-refractivity contribution >= 4 is 17.3 Å². The Labute approximate surface area is 75.2 Å². The van der Waals surface area contributed by atoms with Crippen LogP contribution >= 0.6 is 11.6 Å². The molecule has 0 aliphatic heterocycles. The zero-order valence-corrected chi connectivity index (χ0v) is 7.51. The summed E-state index contributed by atoms with van der Waals surface area (Å²) < 4.78 is 1.27. The maximum absolute atomic E-state index is 11.3. The molecule has 0 fully saturated rings. The Balaban J connectivity index is 2.85. The highest BCUT2D eigenvalue weighted by atomic mass is 35.5. The average Bonchev–Trinajstić information content (AvgIpc) is 2.08. The van der Waals surface area contributed by atoms with Gasteiger partial charge in [-0.3, -0.25) is 4.79 Å². The maximum Gasteiger partial charge on any atom is 0.289 e. The number of aryl methyl sites for hydroxylation is 1. The van der Waals surface area contributed by atoms with E-state index in [9.17, 15) is 4.79 Å². The number of nitrogens with zero attached hydrogens (tertiary/aromatic N) is 2. The van der Waals surface area contributed by atoms with Crippen LogP contribution in [0.25, 0.3) is 0 Å². The van der Waals surface area contributed by atoms with Gasteiger partial charge in [0.05, 0.1) is 0 Å². The molecule has 0 unspecified atom stereocenters. The zero-order chi connectivity index (χ0) is 8.97. The Morgan fingerprint density at radius 3 is 3.17 bits per heavy atom. The molecule has 1 N–H and O–H groups in total. The van der Waals surface area contributed by atoms with Crippen molar-refractivity contribution in [3.63, 3.8) is 0 Å². The molecule has 0 aliphatic carbocycles. The second kappa shape index (κ2) is 4.11. The van der Waals surface area contributed by atoms with E-state index in [1.54, 1.807) is 19.3 Å². The van der Waals surface area contributed by atoms with Crippen molar-refractivity contribution in [2.75, 3.05) is 17.7 Å². The summed E-state index contributed by atoms with van der Waals surface area (Å²) in [4.78, 5) is 11.3. The first-order valence-corrected chi connectivity index (χ1v) is 4.11. The predicted octanol–water partition coefficient (Wildman–Crippen LogP) is 0.431. The first kappa shape index (κ1) is 9.06. The summed E-state index contributed by atoms with van der Waals surface area (Å²) in [6, 6.07) is 1.63. The minimum absolute atomic E-state index is 0.136. The van der Waals surface area contributed by atoms with Crippen LogP contribution in [-0.2, 0) is 7.05 Å². The van der Waals surface area contributed by atoms with Crippen molar-refractivity contribution < 1.29 is 0 Å². The van der Waals surface area contributed by atoms with E-state index in [1.807, 2.05) is 0 Å². The third-order valence-corrected chi connectivity index (χ3v) is 1.60. The first-order valence-electron chi connectivity index (χ1n) is 3.58. The molecule has 0 saturated carbocycles. The smallest absolute Gasteiger partial charge is 0.289 e. The van der Waals surface area contributed by atoms with E-state index in [4.69, 9.17) is 11.6 Å². The number of alkyl halides is 1. The van der Waals surface area contributed by atoms with Crippen LogP contribution in [0.5, 0.6) is 0 Å². The van der Waals surface area contributed by atoms with Crippen LogP contribution in [0, 0.1) is 0 Å². The Kier molecular flexibility index (Phi) is 3.10. The molecule has 1 rings (SSSR count). The summed E-state index contributed by atoms with van der Waals surface area (Å²) in [5, 5.41) is 6.68. The Morgan fingerprint density at radius 1 is 1.75 bits per heavy atom. The van der Waals surface area contributed by atoms with Gasteiger partial charge < -0.3 is 5.32 Å². The molecule has 12 heavy (non-hydrogen) atoms. The summed E-state index contributed by atoms with van der Waals surface area (Å²) >= 11 is 5.46. The lowest BCUT2D eigenvalue weighted by Crippen LogP contribution is -2.23. The van der Waals surface area contributed by atoms with Crippen LogP contribution in [0.2, 0.25) is 0 Å². The maximum atomic E-state index is 11.3. The van der Waals surface area contributed by atoms with E-state index in [2.05, 4.69) is 10.4 Å². The number of hydrogen-bond acceptors (Lipinski definition) is 3. The summed E-state index contributed by atoms with van der Waals surface area (Å²) in [7, 11) is 1.61. The van der Waals surface area contributed by atoms with Crippen LogP contribution in [0.3, 0.4) is 0 Å². The lowest BCUT2D eigenvalue weighted by molar-refractivity contribution is 0.708. The molecular weight excluding hydrogens is 178 g/mol. The number of halogens is 1. The second-order valence-corrected chi connectivity index (χ2v) is 2.67. The van der Waals surface area contributed by atoms with E-state index in [1.165, 1.54) is 4.68 Å². The van der Waals surface area contributed by atoms with Crippen molar-refractivity contribution in [3.05, 3.63) is 22.6 Å². The highest BCUT2D eigenvalue weighted by molar-refractivity contribution is 6.18. The highest BCUT2D eigenvalue weighted by Gasteiger charge is 1.98. The molecule has 66 valence electrons. The summed E-state index contributed by atoms with van der Waals surface area (Å²) in [5.74, 6) is 0.478. The van der Waals surface area contributed by atoms with E-state index in [-0.39, 0.29) is 5.56 Å². The molecule has 0 radical (unpaired) electrons. The Morgan fingerprint density at radius 2 is 2.50 bits per heavy atom. The molecule has 1 heterocycles. The molecule has 0 saturated heterocycles. The molecule has 1 aromatic heterocycles. The lowest BCUT2D eigenvalue weighted by atomic mass is 10.4. The molecular formula is C7H10ClN3O. The van der Waals surface area contributed by atoms with Crippen molar-refractivity contribution in [2.24, 2.45) is 7.05 Å². The van der Waals surface area contributed by atoms with Gasteiger partial charge in [0.25, 0.3) is 5.56 Å². The number of anilines is 1.